The maximum Gasteiger partial charge on any atom is 0.0585 e. The highest BCUT2D eigenvalue weighted by atomic mass is 15.2. The lowest BCUT2D eigenvalue weighted by atomic mass is 10.0. The van der Waals surface area contributed by atoms with E-state index >= 15 is 0 Å². The maximum absolute atomic E-state index is 2.52. The van der Waals surface area contributed by atoms with Gasteiger partial charge in [-0.3, -0.25) is 0 Å². The number of nitrogens with zero attached hydrogens (tertiary/aromatic N) is 2. The minimum atomic E-state index is 0.930. The van der Waals surface area contributed by atoms with E-state index < -0.39 is 0 Å². The fourth-order valence-electron chi connectivity index (χ4n) is 4.20. The van der Waals surface area contributed by atoms with Crippen molar-refractivity contribution in [2.45, 2.75) is 19.5 Å². The second-order valence-corrected chi connectivity index (χ2v) is 7.02. The highest BCUT2D eigenvalue weighted by Crippen LogP contribution is 2.33. The summed E-state index contributed by atoms with van der Waals surface area (Å²) in [4.78, 5) is 2.50. The Kier molecular flexibility index (Phi) is 3.75. The number of benzene rings is 3. The third-order valence-electron chi connectivity index (χ3n) is 5.47. The predicted molar refractivity (Wildman–Crippen MR) is 109 cm³/mol. The second-order valence-electron chi connectivity index (χ2n) is 7.02. The molecule has 26 heavy (non-hydrogen) atoms. The van der Waals surface area contributed by atoms with Gasteiger partial charge in [-0.25, -0.2) is 0 Å². The van der Waals surface area contributed by atoms with Gasteiger partial charge in [-0.1, -0.05) is 66.7 Å². The summed E-state index contributed by atoms with van der Waals surface area (Å²) < 4.78 is 2.52. The van der Waals surface area contributed by atoms with Crippen molar-refractivity contribution in [2.75, 3.05) is 11.4 Å². The quantitative estimate of drug-likeness (QED) is 0.495. The maximum atomic E-state index is 2.52. The Balaban J connectivity index is 1.61. The zero-order valence-corrected chi connectivity index (χ0v) is 14.8. The molecule has 0 fully saturated rings. The zero-order valence-electron chi connectivity index (χ0n) is 14.8. The van der Waals surface area contributed by atoms with E-state index in [9.17, 15) is 0 Å². The van der Waals surface area contributed by atoms with E-state index in [1.165, 1.54) is 33.4 Å². The van der Waals surface area contributed by atoms with Crippen LogP contribution in [-0.4, -0.2) is 11.1 Å². The molecule has 0 saturated heterocycles. The number of para-hydroxylation sites is 2. The van der Waals surface area contributed by atoms with Crippen LogP contribution in [0.1, 0.15) is 16.8 Å². The van der Waals surface area contributed by atoms with Crippen molar-refractivity contribution in [2.24, 2.45) is 0 Å². The Labute approximate surface area is 154 Å². The Morgan fingerprint density at radius 2 is 1.42 bits per heavy atom. The molecule has 2 nitrogen and oxygen atoms in total. The van der Waals surface area contributed by atoms with Crippen molar-refractivity contribution in [3.05, 3.63) is 102 Å². The number of rotatable bonds is 3. The van der Waals surface area contributed by atoms with E-state index in [2.05, 4.69) is 94.4 Å². The summed E-state index contributed by atoms with van der Waals surface area (Å²) in [6, 6.07) is 30.4. The van der Waals surface area contributed by atoms with Gasteiger partial charge in [0.2, 0.25) is 0 Å². The first kappa shape index (κ1) is 15.3. The number of fused-ring (bicyclic) bond motifs is 3. The lowest BCUT2D eigenvalue weighted by Gasteiger charge is -2.30. The van der Waals surface area contributed by atoms with Crippen molar-refractivity contribution < 1.29 is 0 Å². The zero-order chi connectivity index (χ0) is 17.3. The fraction of sp³-hybridized carbons (Fsp3) is 0.167. The highest BCUT2D eigenvalue weighted by Gasteiger charge is 2.24. The topological polar surface area (TPSA) is 8.17 Å². The van der Waals surface area contributed by atoms with Crippen LogP contribution >= 0.6 is 0 Å². The largest absolute Gasteiger partial charge is 0.365 e. The van der Waals surface area contributed by atoms with Crippen molar-refractivity contribution >= 4 is 16.6 Å². The van der Waals surface area contributed by atoms with E-state index in [1.54, 1.807) is 0 Å². The van der Waals surface area contributed by atoms with Crippen LogP contribution < -0.4 is 4.90 Å². The summed E-state index contributed by atoms with van der Waals surface area (Å²) in [5.74, 6) is 0. The molecule has 128 valence electrons. The van der Waals surface area contributed by atoms with Crippen LogP contribution in [-0.2, 0) is 19.5 Å². The van der Waals surface area contributed by atoms with E-state index in [-0.39, 0.29) is 0 Å². The standard InChI is InChI=1S/C24H22N2/c1-3-9-19(10-4-1)17-26-23-14-8-7-13-21(23)22-15-16-25(18-24(22)26)20-11-5-2-6-12-20/h1-14H,15-18H2. The summed E-state index contributed by atoms with van der Waals surface area (Å²) in [7, 11) is 0. The smallest absolute Gasteiger partial charge is 0.0585 e. The van der Waals surface area contributed by atoms with Gasteiger partial charge in [0, 0.05) is 35.4 Å². The second kappa shape index (κ2) is 6.38. The molecule has 0 amide bonds. The molecule has 0 atom stereocenters. The monoisotopic (exact) mass is 338 g/mol. The van der Waals surface area contributed by atoms with Crippen LogP contribution in [0.5, 0.6) is 0 Å². The number of hydrogen-bond donors (Lipinski definition) is 0. The summed E-state index contributed by atoms with van der Waals surface area (Å²) in [5.41, 5.74) is 7.02. The fourth-order valence-corrected chi connectivity index (χ4v) is 4.20. The molecule has 0 N–H and O–H groups in total. The average molecular weight is 338 g/mol. The van der Waals surface area contributed by atoms with Crippen LogP contribution in [0.2, 0.25) is 0 Å². The molecule has 5 rings (SSSR count). The van der Waals surface area contributed by atoms with Crippen LogP contribution in [0.15, 0.2) is 84.9 Å². The summed E-state index contributed by atoms with van der Waals surface area (Å²) in [6.07, 6.45) is 1.10. The molecule has 0 saturated carbocycles. The predicted octanol–water partition coefficient (Wildman–Crippen LogP) is 5.25. The van der Waals surface area contributed by atoms with Gasteiger partial charge < -0.3 is 9.47 Å². The van der Waals surface area contributed by atoms with Crippen molar-refractivity contribution in [3.63, 3.8) is 0 Å². The summed E-state index contributed by atoms with van der Waals surface area (Å²) in [6.45, 7) is 2.98. The molecule has 0 bridgehead atoms. The lowest BCUT2D eigenvalue weighted by molar-refractivity contribution is 0.668. The Morgan fingerprint density at radius 1 is 0.731 bits per heavy atom. The summed E-state index contributed by atoms with van der Waals surface area (Å²) >= 11 is 0. The molecule has 2 heterocycles. The van der Waals surface area contributed by atoms with E-state index in [0.717, 1.165) is 26.1 Å². The molecular formula is C24H22N2. The van der Waals surface area contributed by atoms with Gasteiger partial charge in [0.05, 0.1) is 6.54 Å². The van der Waals surface area contributed by atoms with E-state index in [0.29, 0.717) is 0 Å². The van der Waals surface area contributed by atoms with Gasteiger partial charge in [0.1, 0.15) is 0 Å². The Morgan fingerprint density at radius 3 is 2.23 bits per heavy atom. The average Bonchev–Trinajstić information content (AvgIpc) is 3.03. The highest BCUT2D eigenvalue weighted by molar-refractivity contribution is 5.86. The minimum absolute atomic E-state index is 0.930. The van der Waals surface area contributed by atoms with Gasteiger partial charge in [-0.2, -0.15) is 0 Å². The molecule has 0 unspecified atom stereocenters. The number of anilines is 1. The normalized spacial score (nSPS) is 13.8. The molecule has 0 radical (unpaired) electrons. The van der Waals surface area contributed by atoms with Gasteiger partial charge in [-0.15, -0.1) is 0 Å². The molecule has 1 aliphatic rings. The minimum Gasteiger partial charge on any atom is -0.365 e. The van der Waals surface area contributed by atoms with Gasteiger partial charge in [-0.05, 0) is 35.7 Å². The molecular weight excluding hydrogens is 316 g/mol. The molecule has 4 aromatic rings. The van der Waals surface area contributed by atoms with Crippen LogP contribution in [0, 0.1) is 0 Å². The Hall–Kier alpha value is -3.00. The Bertz CT molecular complexity index is 1030. The van der Waals surface area contributed by atoms with Crippen molar-refractivity contribution in [3.8, 4) is 0 Å². The molecule has 0 aliphatic carbocycles. The first-order chi connectivity index (χ1) is 12.9. The van der Waals surface area contributed by atoms with Crippen LogP contribution in [0.4, 0.5) is 5.69 Å². The molecule has 2 heteroatoms. The van der Waals surface area contributed by atoms with Gasteiger partial charge in [0.25, 0.3) is 0 Å². The molecule has 1 aliphatic heterocycles. The van der Waals surface area contributed by atoms with E-state index in [4.69, 9.17) is 0 Å². The van der Waals surface area contributed by atoms with Crippen molar-refractivity contribution in [1.29, 1.82) is 0 Å². The first-order valence-corrected chi connectivity index (χ1v) is 9.33. The molecule has 1 aromatic heterocycles. The third-order valence-corrected chi connectivity index (χ3v) is 5.47. The first-order valence-electron chi connectivity index (χ1n) is 9.33. The SMILES string of the molecule is c1ccc(Cn2c3c(c4ccccc42)CCN(c2ccccc2)C3)cc1. The third kappa shape index (κ3) is 2.59. The van der Waals surface area contributed by atoms with Crippen LogP contribution in [0.25, 0.3) is 10.9 Å². The van der Waals surface area contributed by atoms with Crippen LogP contribution in [0.3, 0.4) is 0 Å². The molecule has 3 aromatic carbocycles. The summed E-state index contributed by atoms with van der Waals surface area (Å²) in [5, 5.41) is 1.42. The van der Waals surface area contributed by atoms with E-state index in [1.807, 2.05) is 0 Å². The number of aromatic nitrogens is 1. The lowest BCUT2D eigenvalue weighted by Crippen LogP contribution is -2.31. The molecule has 0 spiro atoms. The number of hydrogen-bond acceptors (Lipinski definition) is 1. The van der Waals surface area contributed by atoms with Gasteiger partial charge in [0.15, 0.2) is 0 Å². The van der Waals surface area contributed by atoms with Gasteiger partial charge >= 0.3 is 0 Å². The van der Waals surface area contributed by atoms with Crippen molar-refractivity contribution in [1.82, 2.24) is 4.57 Å².